The van der Waals surface area contributed by atoms with E-state index in [0.29, 0.717) is 18.0 Å². The van der Waals surface area contributed by atoms with Crippen molar-refractivity contribution in [1.82, 2.24) is 10.3 Å². The van der Waals surface area contributed by atoms with Crippen LogP contribution in [-0.4, -0.2) is 12.1 Å². The third-order valence-corrected chi connectivity index (χ3v) is 2.95. The molecule has 0 fully saturated rings. The van der Waals surface area contributed by atoms with Crippen molar-refractivity contribution in [2.24, 2.45) is 0 Å². The topological polar surface area (TPSA) is 34.1 Å². The standard InChI is InChI=1S/C15H17FN2O/c1-11(13-7-3-4-8-14(13)16)17-10-12-6-5-9-15(18-12)19-2/h3-9,11,17H,10H2,1-2H3. The summed E-state index contributed by atoms with van der Waals surface area (Å²) in [5.41, 5.74) is 1.52. The number of halogens is 1. The van der Waals surface area contributed by atoms with E-state index in [-0.39, 0.29) is 11.9 Å². The first-order valence-electron chi connectivity index (χ1n) is 6.18. The molecule has 100 valence electrons. The lowest BCUT2D eigenvalue weighted by Crippen LogP contribution is -2.19. The summed E-state index contributed by atoms with van der Waals surface area (Å²) in [5.74, 6) is 0.388. The molecular formula is C15H17FN2O. The van der Waals surface area contributed by atoms with Gasteiger partial charge < -0.3 is 10.1 Å². The number of aromatic nitrogens is 1. The van der Waals surface area contributed by atoms with Gasteiger partial charge in [0.1, 0.15) is 5.82 Å². The van der Waals surface area contributed by atoms with Crippen molar-refractivity contribution in [1.29, 1.82) is 0 Å². The van der Waals surface area contributed by atoms with Crippen LogP contribution in [0.1, 0.15) is 24.2 Å². The molecule has 2 rings (SSSR count). The van der Waals surface area contributed by atoms with E-state index in [9.17, 15) is 4.39 Å². The lowest BCUT2D eigenvalue weighted by Gasteiger charge is -2.14. The molecule has 0 spiro atoms. The SMILES string of the molecule is COc1cccc(CNC(C)c2ccccc2F)n1. The Morgan fingerprint density at radius 3 is 2.74 bits per heavy atom. The van der Waals surface area contributed by atoms with E-state index in [4.69, 9.17) is 4.74 Å². The van der Waals surface area contributed by atoms with Crippen LogP contribution < -0.4 is 10.1 Å². The minimum Gasteiger partial charge on any atom is -0.481 e. The Kier molecular flexibility index (Phi) is 4.47. The van der Waals surface area contributed by atoms with Crippen LogP contribution in [0, 0.1) is 5.82 Å². The van der Waals surface area contributed by atoms with Crippen LogP contribution >= 0.6 is 0 Å². The number of pyridine rings is 1. The first-order valence-corrected chi connectivity index (χ1v) is 6.18. The van der Waals surface area contributed by atoms with Crippen molar-refractivity contribution in [3.05, 3.63) is 59.5 Å². The molecule has 1 unspecified atom stereocenters. The third kappa shape index (κ3) is 3.51. The van der Waals surface area contributed by atoms with Crippen LogP contribution in [0.2, 0.25) is 0 Å². The second-order valence-electron chi connectivity index (χ2n) is 4.30. The molecule has 0 aliphatic rings. The summed E-state index contributed by atoms with van der Waals surface area (Å²) in [6.07, 6.45) is 0. The molecule has 2 aromatic rings. The monoisotopic (exact) mass is 260 g/mol. The first kappa shape index (κ1) is 13.5. The Labute approximate surface area is 112 Å². The Morgan fingerprint density at radius 1 is 1.21 bits per heavy atom. The van der Waals surface area contributed by atoms with Crippen molar-refractivity contribution in [3.8, 4) is 5.88 Å². The molecule has 0 aliphatic heterocycles. The van der Waals surface area contributed by atoms with E-state index < -0.39 is 0 Å². The minimum absolute atomic E-state index is 0.0748. The highest BCUT2D eigenvalue weighted by atomic mass is 19.1. The first-order chi connectivity index (χ1) is 9.20. The average molecular weight is 260 g/mol. The summed E-state index contributed by atoms with van der Waals surface area (Å²) in [4.78, 5) is 4.30. The molecule has 0 saturated carbocycles. The zero-order valence-electron chi connectivity index (χ0n) is 11.1. The maximum absolute atomic E-state index is 13.6. The number of nitrogens with zero attached hydrogens (tertiary/aromatic N) is 1. The number of hydrogen-bond donors (Lipinski definition) is 1. The lowest BCUT2D eigenvalue weighted by molar-refractivity contribution is 0.395. The number of benzene rings is 1. The number of rotatable bonds is 5. The Morgan fingerprint density at radius 2 is 2.00 bits per heavy atom. The van der Waals surface area contributed by atoms with Gasteiger partial charge in [0.25, 0.3) is 0 Å². The summed E-state index contributed by atoms with van der Waals surface area (Å²) in [7, 11) is 1.58. The molecule has 1 heterocycles. The molecule has 1 atom stereocenters. The molecule has 1 aromatic heterocycles. The predicted molar refractivity (Wildman–Crippen MR) is 72.4 cm³/mol. The van der Waals surface area contributed by atoms with E-state index in [1.165, 1.54) is 6.07 Å². The van der Waals surface area contributed by atoms with Crippen LogP contribution in [0.3, 0.4) is 0 Å². The smallest absolute Gasteiger partial charge is 0.213 e. The van der Waals surface area contributed by atoms with Crippen molar-refractivity contribution in [3.63, 3.8) is 0 Å². The van der Waals surface area contributed by atoms with Crippen LogP contribution in [-0.2, 0) is 6.54 Å². The zero-order valence-corrected chi connectivity index (χ0v) is 11.1. The van der Waals surface area contributed by atoms with Crippen LogP contribution in [0.25, 0.3) is 0 Å². The van der Waals surface area contributed by atoms with Crippen LogP contribution in [0.5, 0.6) is 5.88 Å². The van der Waals surface area contributed by atoms with E-state index in [1.54, 1.807) is 25.3 Å². The Bertz CT molecular complexity index is 545. The molecule has 3 nitrogen and oxygen atoms in total. The molecular weight excluding hydrogens is 243 g/mol. The third-order valence-electron chi connectivity index (χ3n) is 2.95. The Balaban J connectivity index is 2.00. The second-order valence-corrected chi connectivity index (χ2v) is 4.30. The van der Waals surface area contributed by atoms with Gasteiger partial charge in [-0.2, -0.15) is 0 Å². The predicted octanol–water partition coefficient (Wildman–Crippen LogP) is 3.08. The highest BCUT2D eigenvalue weighted by molar-refractivity contribution is 5.21. The summed E-state index contributed by atoms with van der Waals surface area (Å²) in [5, 5.41) is 3.25. The van der Waals surface area contributed by atoms with Gasteiger partial charge in [-0.3, -0.25) is 0 Å². The van der Waals surface area contributed by atoms with Gasteiger partial charge in [-0.05, 0) is 19.1 Å². The number of nitrogens with one attached hydrogen (secondary N) is 1. The van der Waals surface area contributed by atoms with Gasteiger partial charge in [-0.25, -0.2) is 9.37 Å². The zero-order chi connectivity index (χ0) is 13.7. The normalized spacial score (nSPS) is 12.2. The Hall–Kier alpha value is -1.94. The maximum atomic E-state index is 13.6. The minimum atomic E-state index is -0.193. The summed E-state index contributed by atoms with van der Waals surface area (Å²) < 4.78 is 18.7. The van der Waals surface area contributed by atoms with Gasteiger partial charge >= 0.3 is 0 Å². The molecule has 4 heteroatoms. The maximum Gasteiger partial charge on any atom is 0.213 e. The number of hydrogen-bond acceptors (Lipinski definition) is 3. The lowest BCUT2D eigenvalue weighted by atomic mass is 10.1. The quantitative estimate of drug-likeness (QED) is 0.897. The number of ether oxygens (including phenoxy) is 1. The highest BCUT2D eigenvalue weighted by Gasteiger charge is 2.09. The van der Waals surface area contributed by atoms with E-state index in [0.717, 1.165) is 5.69 Å². The molecule has 1 N–H and O–H groups in total. The molecule has 1 aromatic carbocycles. The van der Waals surface area contributed by atoms with Crippen molar-refractivity contribution < 1.29 is 9.13 Å². The van der Waals surface area contributed by atoms with Crippen molar-refractivity contribution in [2.45, 2.75) is 19.5 Å². The second kappa shape index (κ2) is 6.29. The van der Waals surface area contributed by atoms with Gasteiger partial charge in [0.2, 0.25) is 5.88 Å². The van der Waals surface area contributed by atoms with Gasteiger partial charge in [-0.15, -0.1) is 0 Å². The molecule has 0 bridgehead atoms. The fraction of sp³-hybridized carbons (Fsp3) is 0.267. The van der Waals surface area contributed by atoms with Gasteiger partial charge in [0.05, 0.1) is 12.8 Å². The largest absolute Gasteiger partial charge is 0.481 e. The summed E-state index contributed by atoms with van der Waals surface area (Å²) >= 11 is 0. The highest BCUT2D eigenvalue weighted by Crippen LogP contribution is 2.16. The van der Waals surface area contributed by atoms with E-state index in [2.05, 4.69) is 10.3 Å². The van der Waals surface area contributed by atoms with Crippen LogP contribution in [0.15, 0.2) is 42.5 Å². The molecule has 0 aliphatic carbocycles. The molecule has 0 saturated heterocycles. The van der Waals surface area contributed by atoms with Crippen molar-refractivity contribution in [2.75, 3.05) is 7.11 Å². The van der Waals surface area contributed by atoms with Gasteiger partial charge in [-0.1, -0.05) is 24.3 Å². The van der Waals surface area contributed by atoms with E-state index in [1.807, 2.05) is 25.1 Å². The molecule has 0 amide bonds. The fourth-order valence-electron chi connectivity index (χ4n) is 1.86. The average Bonchev–Trinajstić information content (AvgIpc) is 2.45. The molecule has 19 heavy (non-hydrogen) atoms. The van der Waals surface area contributed by atoms with E-state index >= 15 is 0 Å². The number of methoxy groups -OCH3 is 1. The fourth-order valence-corrected chi connectivity index (χ4v) is 1.86. The summed E-state index contributed by atoms with van der Waals surface area (Å²) in [6, 6.07) is 12.3. The van der Waals surface area contributed by atoms with Crippen molar-refractivity contribution >= 4 is 0 Å². The molecule has 0 radical (unpaired) electrons. The van der Waals surface area contributed by atoms with Crippen LogP contribution in [0.4, 0.5) is 4.39 Å². The van der Waals surface area contributed by atoms with Gasteiger partial charge in [0, 0.05) is 24.2 Å². The summed E-state index contributed by atoms with van der Waals surface area (Å²) in [6.45, 7) is 2.49. The van der Waals surface area contributed by atoms with Gasteiger partial charge in [0.15, 0.2) is 0 Å².